The zero-order valence-electron chi connectivity index (χ0n) is 10.8. The summed E-state index contributed by atoms with van der Waals surface area (Å²) in [5, 5.41) is 4.53. The molecule has 20 heavy (non-hydrogen) atoms. The van der Waals surface area contributed by atoms with Crippen LogP contribution in [-0.4, -0.2) is 10.1 Å². The molecule has 2 heterocycles. The molecule has 2 N–H and O–H groups in total. The number of nitrogens with two attached hydrogens (primary N) is 1. The molecular weight excluding hydrogens is 274 g/mol. The zero-order valence-corrected chi connectivity index (χ0v) is 11.6. The van der Waals surface area contributed by atoms with E-state index < -0.39 is 0 Å². The Labute approximate surface area is 121 Å². The second-order valence-corrected chi connectivity index (χ2v) is 4.97. The standard InChI is InChI=1S/C15H12ClN3O/c1-9-6-11(8-18-7-9)14-13(15(17)19-20-14)10-2-4-12(16)5-3-10/h2-8H,1H3,(H2,17,19). The summed E-state index contributed by atoms with van der Waals surface area (Å²) < 4.78 is 5.37. The van der Waals surface area contributed by atoms with Crippen molar-refractivity contribution in [2.75, 3.05) is 5.73 Å². The van der Waals surface area contributed by atoms with Crippen LogP contribution in [-0.2, 0) is 0 Å². The highest BCUT2D eigenvalue weighted by molar-refractivity contribution is 6.30. The van der Waals surface area contributed by atoms with E-state index in [0.29, 0.717) is 16.6 Å². The third-order valence-electron chi connectivity index (χ3n) is 2.99. The molecule has 5 heteroatoms. The fourth-order valence-corrected chi connectivity index (χ4v) is 2.20. The van der Waals surface area contributed by atoms with E-state index in [-0.39, 0.29) is 0 Å². The van der Waals surface area contributed by atoms with Crippen molar-refractivity contribution in [2.24, 2.45) is 0 Å². The average Bonchev–Trinajstić information content (AvgIpc) is 2.82. The van der Waals surface area contributed by atoms with Gasteiger partial charge in [0, 0.05) is 23.0 Å². The van der Waals surface area contributed by atoms with Crippen LogP contribution < -0.4 is 5.73 Å². The Morgan fingerprint density at radius 3 is 2.55 bits per heavy atom. The highest BCUT2D eigenvalue weighted by Crippen LogP contribution is 2.36. The fourth-order valence-electron chi connectivity index (χ4n) is 2.07. The fraction of sp³-hybridized carbons (Fsp3) is 0.0667. The van der Waals surface area contributed by atoms with E-state index >= 15 is 0 Å². The first-order valence-corrected chi connectivity index (χ1v) is 6.46. The van der Waals surface area contributed by atoms with Gasteiger partial charge in [-0.15, -0.1) is 0 Å². The van der Waals surface area contributed by atoms with E-state index in [1.807, 2.05) is 37.3 Å². The van der Waals surface area contributed by atoms with Crippen LogP contribution in [0.2, 0.25) is 5.02 Å². The van der Waals surface area contributed by atoms with Gasteiger partial charge in [-0.2, -0.15) is 0 Å². The van der Waals surface area contributed by atoms with Gasteiger partial charge in [-0.3, -0.25) is 4.98 Å². The predicted octanol–water partition coefficient (Wildman–Crippen LogP) is 3.95. The Morgan fingerprint density at radius 1 is 1.10 bits per heavy atom. The van der Waals surface area contributed by atoms with Gasteiger partial charge >= 0.3 is 0 Å². The van der Waals surface area contributed by atoms with Crippen LogP contribution in [0.4, 0.5) is 5.82 Å². The van der Waals surface area contributed by atoms with Crippen LogP contribution >= 0.6 is 11.6 Å². The minimum absolute atomic E-state index is 0.351. The number of halogens is 1. The number of anilines is 1. The van der Waals surface area contributed by atoms with E-state index in [2.05, 4.69) is 10.1 Å². The molecule has 0 spiro atoms. The number of pyridine rings is 1. The van der Waals surface area contributed by atoms with Crippen LogP contribution in [0.1, 0.15) is 5.56 Å². The first-order chi connectivity index (χ1) is 9.65. The third-order valence-corrected chi connectivity index (χ3v) is 3.24. The van der Waals surface area contributed by atoms with E-state index in [4.69, 9.17) is 21.9 Å². The lowest BCUT2D eigenvalue weighted by Crippen LogP contribution is -1.89. The van der Waals surface area contributed by atoms with Crippen molar-refractivity contribution in [3.63, 3.8) is 0 Å². The Hall–Kier alpha value is -2.33. The maximum atomic E-state index is 5.93. The quantitative estimate of drug-likeness (QED) is 0.774. The predicted molar refractivity (Wildman–Crippen MR) is 79.3 cm³/mol. The Kier molecular flexibility index (Phi) is 3.16. The number of hydrogen-bond acceptors (Lipinski definition) is 4. The lowest BCUT2D eigenvalue weighted by molar-refractivity contribution is 0.436. The second-order valence-electron chi connectivity index (χ2n) is 4.53. The molecular formula is C15H12ClN3O. The molecule has 0 aliphatic rings. The number of nitrogen functional groups attached to an aromatic ring is 1. The van der Waals surface area contributed by atoms with Gasteiger partial charge in [0.15, 0.2) is 11.6 Å². The van der Waals surface area contributed by atoms with Crippen molar-refractivity contribution in [2.45, 2.75) is 6.92 Å². The summed E-state index contributed by atoms with van der Waals surface area (Å²) in [4.78, 5) is 4.17. The summed E-state index contributed by atoms with van der Waals surface area (Å²) in [5.74, 6) is 0.963. The second kappa shape index (κ2) is 4.98. The van der Waals surface area contributed by atoms with Gasteiger partial charge in [0.05, 0.1) is 5.56 Å². The number of benzene rings is 1. The molecule has 3 rings (SSSR count). The Balaban J connectivity index is 2.17. The summed E-state index contributed by atoms with van der Waals surface area (Å²) in [6, 6.07) is 9.37. The van der Waals surface area contributed by atoms with Gasteiger partial charge in [0.1, 0.15) is 0 Å². The van der Waals surface area contributed by atoms with E-state index in [1.165, 1.54) is 0 Å². The van der Waals surface area contributed by atoms with Crippen LogP contribution in [0, 0.1) is 6.92 Å². The summed E-state index contributed by atoms with van der Waals surface area (Å²) in [7, 11) is 0. The van der Waals surface area contributed by atoms with Gasteiger partial charge in [0.2, 0.25) is 0 Å². The van der Waals surface area contributed by atoms with Gasteiger partial charge < -0.3 is 10.3 Å². The molecule has 0 saturated carbocycles. The van der Waals surface area contributed by atoms with Crippen LogP contribution in [0.5, 0.6) is 0 Å². The molecule has 0 aliphatic heterocycles. The highest BCUT2D eigenvalue weighted by atomic mass is 35.5. The summed E-state index contributed by atoms with van der Waals surface area (Å²) in [5.41, 5.74) is 9.48. The summed E-state index contributed by atoms with van der Waals surface area (Å²) >= 11 is 5.91. The van der Waals surface area contributed by atoms with Crippen molar-refractivity contribution < 1.29 is 4.52 Å². The molecule has 2 aromatic heterocycles. The number of aryl methyl sites for hydroxylation is 1. The van der Waals surface area contributed by atoms with Crippen molar-refractivity contribution in [1.82, 2.24) is 10.1 Å². The molecule has 0 atom stereocenters. The lowest BCUT2D eigenvalue weighted by Gasteiger charge is -2.03. The minimum Gasteiger partial charge on any atom is -0.380 e. The maximum Gasteiger partial charge on any atom is 0.178 e. The normalized spacial score (nSPS) is 10.7. The zero-order chi connectivity index (χ0) is 14.1. The van der Waals surface area contributed by atoms with Crippen LogP contribution in [0.3, 0.4) is 0 Å². The minimum atomic E-state index is 0.351. The largest absolute Gasteiger partial charge is 0.380 e. The van der Waals surface area contributed by atoms with Crippen molar-refractivity contribution in [3.8, 4) is 22.5 Å². The Bertz CT molecular complexity index is 750. The number of aromatic nitrogens is 2. The number of hydrogen-bond donors (Lipinski definition) is 1. The molecule has 0 bridgehead atoms. The maximum absolute atomic E-state index is 5.93. The molecule has 0 radical (unpaired) electrons. The Morgan fingerprint density at radius 2 is 1.85 bits per heavy atom. The molecule has 0 saturated heterocycles. The average molecular weight is 286 g/mol. The van der Waals surface area contributed by atoms with E-state index in [0.717, 1.165) is 22.3 Å². The first-order valence-electron chi connectivity index (χ1n) is 6.08. The van der Waals surface area contributed by atoms with Crippen molar-refractivity contribution in [3.05, 3.63) is 53.3 Å². The van der Waals surface area contributed by atoms with E-state index in [1.54, 1.807) is 12.4 Å². The van der Waals surface area contributed by atoms with E-state index in [9.17, 15) is 0 Å². The molecule has 0 aliphatic carbocycles. The van der Waals surface area contributed by atoms with Crippen molar-refractivity contribution in [1.29, 1.82) is 0 Å². The monoisotopic (exact) mass is 285 g/mol. The number of rotatable bonds is 2. The molecule has 0 unspecified atom stereocenters. The molecule has 3 aromatic rings. The number of nitrogens with zero attached hydrogens (tertiary/aromatic N) is 2. The molecule has 0 amide bonds. The SMILES string of the molecule is Cc1cncc(-c2onc(N)c2-c2ccc(Cl)cc2)c1. The third kappa shape index (κ3) is 2.26. The lowest BCUT2D eigenvalue weighted by atomic mass is 10.0. The summed E-state index contributed by atoms with van der Waals surface area (Å²) in [6.45, 7) is 1.97. The molecule has 4 nitrogen and oxygen atoms in total. The first kappa shape index (κ1) is 12.7. The smallest absolute Gasteiger partial charge is 0.178 e. The highest BCUT2D eigenvalue weighted by Gasteiger charge is 2.17. The van der Waals surface area contributed by atoms with Crippen LogP contribution in [0.15, 0.2) is 47.2 Å². The van der Waals surface area contributed by atoms with Gasteiger partial charge in [0.25, 0.3) is 0 Å². The molecule has 100 valence electrons. The topological polar surface area (TPSA) is 64.9 Å². The van der Waals surface area contributed by atoms with Crippen molar-refractivity contribution >= 4 is 17.4 Å². The van der Waals surface area contributed by atoms with Gasteiger partial charge in [-0.25, -0.2) is 0 Å². The van der Waals surface area contributed by atoms with Gasteiger partial charge in [-0.05, 0) is 36.2 Å². The molecule has 1 aromatic carbocycles. The molecule has 0 fully saturated rings. The van der Waals surface area contributed by atoms with Gasteiger partial charge in [-0.1, -0.05) is 28.9 Å². The summed E-state index contributed by atoms with van der Waals surface area (Å²) in [6.07, 6.45) is 3.51. The van der Waals surface area contributed by atoms with Crippen LogP contribution in [0.25, 0.3) is 22.5 Å².